The van der Waals surface area contributed by atoms with Crippen LogP contribution in [0.2, 0.25) is 0 Å². The molecule has 0 bridgehead atoms. The fourth-order valence-electron chi connectivity index (χ4n) is 2.84. The van der Waals surface area contributed by atoms with Crippen LogP contribution in [-0.4, -0.2) is 33.2 Å². The van der Waals surface area contributed by atoms with E-state index in [4.69, 9.17) is 5.73 Å². The maximum atomic E-state index is 12.7. The third kappa shape index (κ3) is 5.24. The van der Waals surface area contributed by atoms with Gasteiger partial charge in [-0.3, -0.25) is 4.79 Å². The highest BCUT2D eigenvalue weighted by molar-refractivity contribution is 8.00. The average Bonchev–Trinajstić information content (AvgIpc) is 2.66. The third-order valence-electron chi connectivity index (χ3n) is 4.08. The van der Waals surface area contributed by atoms with E-state index in [0.29, 0.717) is 5.69 Å². The summed E-state index contributed by atoms with van der Waals surface area (Å²) in [4.78, 5) is 12.8. The van der Waals surface area contributed by atoms with E-state index in [1.54, 1.807) is 23.9 Å². The summed E-state index contributed by atoms with van der Waals surface area (Å²) in [5, 5.41) is 2.55. The first-order chi connectivity index (χ1) is 12.5. The Balaban J connectivity index is 0.00000261. The van der Waals surface area contributed by atoms with E-state index in [1.807, 2.05) is 24.3 Å². The molecule has 0 spiro atoms. The molecule has 1 unspecified atom stereocenters. The van der Waals surface area contributed by atoms with Gasteiger partial charge in [0, 0.05) is 18.8 Å². The van der Waals surface area contributed by atoms with E-state index in [-0.39, 0.29) is 41.5 Å². The largest absolute Gasteiger partial charge is 0.329 e. The number of carbonyl (C=O) groups excluding carboxylic acids is 1. The molecule has 1 atom stereocenters. The molecule has 0 saturated carbocycles. The summed E-state index contributed by atoms with van der Waals surface area (Å²) < 4.78 is 26.8. The summed E-state index contributed by atoms with van der Waals surface area (Å²) in [6.45, 7) is 0.377. The van der Waals surface area contributed by atoms with Crippen molar-refractivity contribution < 1.29 is 13.2 Å². The van der Waals surface area contributed by atoms with Gasteiger partial charge in [0.05, 0.1) is 4.90 Å². The number of fused-ring (bicyclic) bond motifs is 1. The van der Waals surface area contributed by atoms with E-state index in [0.717, 1.165) is 17.7 Å². The molecule has 1 aliphatic heterocycles. The molecule has 4 N–H and O–H groups in total. The molecule has 0 aliphatic carbocycles. The first-order valence-electron chi connectivity index (χ1n) is 8.31. The van der Waals surface area contributed by atoms with Crippen molar-refractivity contribution in [3.63, 3.8) is 0 Å². The Bertz CT molecular complexity index is 906. The molecular weight excluding hydrogens is 406 g/mol. The lowest BCUT2D eigenvalue weighted by molar-refractivity contribution is -0.115. The summed E-state index contributed by atoms with van der Waals surface area (Å²) in [6.07, 6.45) is 0.950. The summed E-state index contributed by atoms with van der Waals surface area (Å²) >= 11 is 1.60. The van der Waals surface area contributed by atoms with Gasteiger partial charge in [-0.25, -0.2) is 13.1 Å². The van der Waals surface area contributed by atoms with Gasteiger partial charge in [0.15, 0.2) is 0 Å². The van der Waals surface area contributed by atoms with Crippen molar-refractivity contribution in [2.24, 2.45) is 5.73 Å². The standard InChI is InChI=1S/C18H21N3O3S2.ClH/c19-9-10-20-26(23,24)15-6-3-5-14(12-15)21-18(22)17-16-7-2-1-4-13(16)8-11-25-17;/h1-7,12,17,20H,8-11,19H2,(H,21,22);1H. The van der Waals surface area contributed by atoms with Gasteiger partial charge in [0.25, 0.3) is 0 Å². The number of nitrogens with two attached hydrogens (primary N) is 1. The Hall–Kier alpha value is -1.58. The molecule has 146 valence electrons. The zero-order chi connectivity index (χ0) is 18.6. The quantitative estimate of drug-likeness (QED) is 0.656. The minimum Gasteiger partial charge on any atom is -0.329 e. The molecule has 1 heterocycles. The van der Waals surface area contributed by atoms with Crippen molar-refractivity contribution in [3.8, 4) is 0 Å². The summed E-state index contributed by atoms with van der Waals surface area (Å²) in [6, 6.07) is 14.2. The number of sulfonamides is 1. The van der Waals surface area contributed by atoms with Crippen LogP contribution in [-0.2, 0) is 21.2 Å². The van der Waals surface area contributed by atoms with Crippen LogP contribution < -0.4 is 15.8 Å². The summed E-state index contributed by atoms with van der Waals surface area (Å²) in [7, 11) is -3.64. The Labute approximate surface area is 169 Å². The van der Waals surface area contributed by atoms with Crippen LogP contribution in [0.4, 0.5) is 5.69 Å². The third-order valence-corrected chi connectivity index (χ3v) is 6.78. The number of anilines is 1. The Morgan fingerprint density at radius 2 is 1.96 bits per heavy atom. The van der Waals surface area contributed by atoms with Gasteiger partial charge in [-0.1, -0.05) is 30.3 Å². The molecule has 1 aliphatic rings. The molecule has 9 heteroatoms. The van der Waals surface area contributed by atoms with Crippen LogP contribution in [0.3, 0.4) is 0 Å². The minimum absolute atomic E-state index is 0. The average molecular weight is 428 g/mol. The van der Waals surface area contributed by atoms with Crippen molar-refractivity contribution in [3.05, 3.63) is 59.7 Å². The van der Waals surface area contributed by atoms with Crippen molar-refractivity contribution >= 4 is 45.8 Å². The lowest BCUT2D eigenvalue weighted by Gasteiger charge is -2.24. The maximum Gasteiger partial charge on any atom is 0.242 e. The van der Waals surface area contributed by atoms with Crippen LogP contribution in [0.15, 0.2) is 53.4 Å². The number of halogens is 1. The van der Waals surface area contributed by atoms with Gasteiger partial charge in [-0.2, -0.15) is 0 Å². The summed E-state index contributed by atoms with van der Waals surface area (Å²) in [5.74, 6) is 0.735. The molecule has 2 aromatic carbocycles. The molecule has 0 fully saturated rings. The highest BCUT2D eigenvalue weighted by Crippen LogP contribution is 2.37. The van der Waals surface area contributed by atoms with Crippen molar-refractivity contribution in [2.75, 3.05) is 24.2 Å². The SMILES string of the molecule is Cl.NCCNS(=O)(=O)c1cccc(NC(=O)C2SCCc3ccccc32)c1. The lowest BCUT2D eigenvalue weighted by Crippen LogP contribution is -2.29. The Morgan fingerprint density at radius 1 is 1.19 bits per heavy atom. The monoisotopic (exact) mass is 427 g/mol. The first kappa shape index (κ1) is 21.7. The fraction of sp³-hybridized carbons (Fsp3) is 0.278. The molecule has 1 amide bonds. The zero-order valence-corrected chi connectivity index (χ0v) is 17.0. The molecule has 27 heavy (non-hydrogen) atoms. The zero-order valence-electron chi connectivity index (χ0n) is 14.6. The van der Waals surface area contributed by atoms with Gasteiger partial charge in [-0.15, -0.1) is 24.2 Å². The Morgan fingerprint density at radius 3 is 2.74 bits per heavy atom. The van der Waals surface area contributed by atoms with Gasteiger partial charge >= 0.3 is 0 Å². The maximum absolute atomic E-state index is 12.7. The number of thioether (sulfide) groups is 1. The van der Waals surface area contributed by atoms with Crippen LogP contribution >= 0.6 is 24.2 Å². The van der Waals surface area contributed by atoms with Crippen LogP contribution in [0, 0.1) is 0 Å². The molecule has 0 saturated heterocycles. The van der Waals surface area contributed by atoms with E-state index in [9.17, 15) is 13.2 Å². The second-order valence-electron chi connectivity index (χ2n) is 5.90. The van der Waals surface area contributed by atoms with Gasteiger partial charge < -0.3 is 11.1 Å². The normalized spacial score (nSPS) is 16.1. The highest BCUT2D eigenvalue weighted by Gasteiger charge is 2.27. The van der Waals surface area contributed by atoms with E-state index in [2.05, 4.69) is 10.0 Å². The van der Waals surface area contributed by atoms with E-state index < -0.39 is 10.0 Å². The van der Waals surface area contributed by atoms with Gasteiger partial charge in [0.1, 0.15) is 5.25 Å². The Kier molecular flexibility index (Phi) is 7.69. The predicted octanol–water partition coefficient (Wildman–Crippen LogP) is 2.31. The number of nitrogens with one attached hydrogen (secondary N) is 2. The molecule has 3 rings (SSSR count). The fourth-order valence-corrected chi connectivity index (χ4v) is 5.12. The van der Waals surface area contributed by atoms with Crippen molar-refractivity contribution in [1.82, 2.24) is 4.72 Å². The second-order valence-corrected chi connectivity index (χ2v) is 8.88. The molecule has 0 aromatic heterocycles. The van der Waals surface area contributed by atoms with Crippen molar-refractivity contribution in [2.45, 2.75) is 16.6 Å². The number of benzene rings is 2. The molecule has 2 aromatic rings. The minimum atomic E-state index is -3.64. The number of rotatable bonds is 6. The van der Waals surface area contributed by atoms with E-state index >= 15 is 0 Å². The summed E-state index contributed by atoms with van der Waals surface area (Å²) in [5.41, 5.74) is 8.01. The second kappa shape index (κ2) is 9.57. The van der Waals surface area contributed by atoms with E-state index in [1.165, 1.54) is 17.7 Å². The van der Waals surface area contributed by atoms with Crippen molar-refractivity contribution in [1.29, 1.82) is 0 Å². The van der Waals surface area contributed by atoms with Gasteiger partial charge in [-0.05, 0) is 41.5 Å². The van der Waals surface area contributed by atoms with Crippen LogP contribution in [0.5, 0.6) is 0 Å². The molecule has 0 radical (unpaired) electrons. The molecule has 6 nitrogen and oxygen atoms in total. The number of hydrogen-bond acceptors (Lipinski definition) is 5. The smallest absolute Gasteiger partial charge is 0.242 e. The lowest BCUT2D eigenvalue weighted by atomic mass is 10.0. The first-order valence-corrected chi connectivity index (χ1v) is 10.8. The number of aryl methyl sites for hydroxylation is 1. The number of amides is 1. The van der Waals surface area contributed by atoms with Gasteiger partial charge in [0.2, 0.25) is 15.9 Å². The predicted molar refractivity (Wildman–Crippen MR) is 112 cm³/mol. The number of carbonyl (C=O) groups is 1. The number of hydrogen-bond donors (Lipinski definition) is 3. The highest BCUT2D eigenvalue weighted by atomic mass is 35.5. The van der Waals surface area contributed by atoms with Crippen LogP contribution in [0.25, 0.3) is 0 Å². The topological polar surface area (TPSA) is 101 Å². The molecular formula is C18H22ClN3O3S2. The van der Waals surface area contributed by atoms with Crippen LogP contribution in [0.1, 0.15) is 16.4 Å².